The molecule has 0 heterocycles. The van der Waals surface area contributed by atoms with Crippen LogP contribution >= 0.6 is 23.2 Å². The average Bonchev–Trinajstić information content (AvgIpc) is 2.67. The summed E-state index contributed by atoms with van der Waals surface area (Å²) in [5, 5.41) is 27.6. The molecule has 32 heavy (non-hydrogen) atoms. The van der Waals surface area contributed by atoms with Crippen LogP contribution in [-0.4, -0.2) is 33.8 Å². The van der Waals surface area contributed by atoms with Gasteiger partial charge in [0.15, 0.2) is 5.71 Å². The fraction of sp³-hybridized carbons (Fsp3) is 0.0500. The van der Waals surface area contributed by atoms with Gasteiger partial charge in [0.1, 0.15) is 17.1 Å². The number of allylic oxidation sites excluding steroid dienone is 1. The van der Waals surface area contributed by atoms with E-state index in [0.717, 1.165) is 18.2 Å². The SMILES string of the molecule is N=C(/C(C(=O)O)=C(O)/C(=C/N)C(=Nc1cccc(Cl)c1)C(F)(F)F)c1c(F)cccc1Cl. The van der Waals surface area contributed by atoms with Gasteiger partial charge in [0, 0.05) is 11.2 Å². The number of aliphatic imine (C=N–C) groups is 1. The van der Waals surface area contributed by atoms with Gasteiger partial charge in [-0.05, 0) is 30.3 Å². The Bertz CT molecular complexity index is 1150. The normalized spacial score (nSPS) is 13.6. The Labute approximate surface area is 188 Å². The molecule has 2 aromatic rings. The number of carboxylic acid groups (broad SMARTS) is 1. The molecule has 0 radical (unpaired) electrons. The molecule has 5 N–H and O–H groups in total. The monoisotopic (exact) mass is 489 g/mol. The third-order valence-electron chi connectivity index (χ3n) is 3.91. The number of rotatable bonds is 6. The highest BCUT2D eigenvalue weighted by Gasteiger charge is 2.41. The van der Waals surface area contributed by atoms with Gasteiger partial charge < -0.3 is 15.9 Å². The molecule has 0 saturated carbocycles. The molecule has 0 fully saturated rings. The van der Waals surface area contributed by atoms with Gasteiger partial charge in [-0.1, -0.05) is 35.3 Å². The number of halogens is 6. The Balaban J connectivity index is 2.77. The fourth-order valence-corrected chi connectivity index (χ4v) is 2.99. The number of nitrogens with two attached hydrogens (primary N) is 1. The molecule has 0 aromatic heterocycles. The first-order valence-corrected chi connectivity index (χ1v) is 9.18. The van der Waals surface area contributed by atoms with Crippen LogP contribution in [0.1, 0.15) is 5.56 Å². The van der Waals surface area contributed by atoms with Gasteiger partial charge >= 0.3 is 12.1 Å². The van der Waals surface area contributed by atoms with Crippen LogP contribution in [-0.2, 0) is 4.79 Å². The third kappa shape index (κ3) is 5.45. The summed E-state index contributed by atoms with van der Waals surface area (Å²) in [4.78, 5) is 15.1. The van der Waals surface area contributed by atoms with Crippen LogP contribution < -0.4 is 5.73 Å². The largest absolute Gasteiger partial charge is 0.506 e. The van der Waals surface area contributed by atoms with E-state index in [1.54, 1.807) is 0 Å². The molecule has 0 spiro atoms. The van der Waals surface area contributed by atoms with Crippen molar-refractivity contribution in [3.8, 4) is 0 Å². The highest BCUT2D eigenvalue weighted by molar-refractivity contribution is 6.37. The lowest BCUT2D eigenvalue weighted by Gasteiger charge is -2.16. The van der Waals surface area contributed by atoms with Crippen molar-refractivity contribution in [1.29, 1.82) is 5.41 Å². The quantitative estimate of drug-likeness (QED) is 0.139. The molecule has 0 amide bonds. The summed E-state index contributed by atoms with van der Waals surface area (Å²) in [7, 11) is 0. The maximum atomic E-state index is 14.2. The first kappa shape index (κ1) is 24.9. The lowest BCUT2D eigenvalue weighted by molar-refractivity contribution is -0.132. The molecule has 6 nitrogen and oxygen atoms in total. The van der Waals surface area contributed by atoms with E-state index in [1.807, 2.05) is 0 Å². The van der Waals surface area contributed by atoms with E-state index in [2.05, 4.69) is 4.99 Å². The number of hydrogen-bond acceptors (Lipinski definition) is 5. The van der Waals surface area contributed by atoms with Crippen molar-refractivity contribution >= 4 is 46.3 Å². The number of aliphatic carboxylic acids is 1. The van der Waals surface area contributed by atoms with E-state index in [-0.39, 0.29) is 16.9 Å². The zero-order valence-corrected chi connectivity index (χ0v) is 17.2. The smallest absolute Gasteiger partial charge is 0.434 e. The Morgan fingerprint density at radius 3 is 2.25 bits per heavy atom. The van der Waals surface area contributed by atoms with Crippen LogP contribution in [0.25, 0.3) is 0 Å². The number of alkyl halides is 3. The van der Waals surface area contributed by atoms with Gasteiger partial charge in [-0.3, -0.25) is 5.41 Å². The molecule has 0 atom stereocenters. The summed E-state index contributed by atoms with van der Waals surface area (Å²) in [5.74, 6) is -4.73. The van der Waals surface area contributed by atoms with Crippen molar-refractivity contribution in [3.63, 3.8) is 0 Å². The summed E-state index contributed by atoms with van der Waals surface area (Å²) in [5.41, 5.74) is -1.34. The molecular formula is C20H13Cl2F4N3O3. The van der Waals surface area contributed by atoms with Crippen molar-refractivity contribution in [2.45, 2.75) is 6.18 Å². The Kier molecular flexibility index (Phi) is 7.65. The molecule has 0 aliphatic rings. The van der Waals surface area contributed by atoms with E-state index in [1.165, 1.54) is 24.3 Å². The van der Waals surface area contributed by atoms with E-state index >= 15 is 0 Å². The number of aliphatic hydroxyl groups is 1. The van der Waals surface area contributed by atoms with Crippen LogP contribution in [0, 0.1) is 11.2 Å². The summed E-state index contributed by atoms with van der Waals surface area (Å²) < 4.78 is 55.4. The number of nitrogens with one attached hydrogen (secondary N) is 1. The molecule has 12 heteroatoms. The van der Waals surface area contributed by atoms with E-state index in [9.17, 15) is 32.6 Å². The number of hydrogen-bond donors (Lipinski definition) is 4. The van der Waals surface area contributed by atoms with Crippen LogP contribution in [0.15, 0.2) is 70.6 Å². The lowest BCUT2D eigenvalue weighted by Crippen LogP contribution is -2.28. The molecular weight excluding hydrogens is 477 g/mol. The molecule has 0 aliphatic heterocycles. The summed E-state index contributed by atoms with van der Waals surface area (Å²) in [6, 6.07) is 8.11. The van der Waals surface area contributed by atoms with Crippen LogP contribution in [0.4, 0.5) is 23.2 Å². The van der Waals surface area contributed by atoms with E-state index < -0.39 is 56.9 Å². The van der Waals surface area contributed by atoms with Gasteiger partial charge in [-0.2, -0.15) is 13.2 Å². The van der Waals surface area contributed by atoms with Gasteiger partial charge in [-0.25, -0.2) is 14.2 Å². The minimum Gasteiger partial charge on any atom is -0.506 e. The van der Waals surface area contributed by atoms with Gasteiger partial charge in [0.25, 0.3) is 0 Å². The highest BCUT2D eigenvalue weighted by Crippen LogP contribution is 2.31. The Morgan fingerprint density at radius 2 is 1.75 bits per heavy atom. The zero-order chi connectivity index (χ0) is 24.2. The minimum atomic E-state index is -5.22. The molecule has 168 valence electrons. The second kappa shape index (κ2) is 9.84. The van der Waals surface area contributed by atoms with E-state index in [0.29, 0.717) is 0 Å². The van der Waals surface area contributed by atoms with Crippen molar-refractivity contribution in [3.05, 3.63) is 87.0 Å². The molecule has 0 unspecified atom stereocenters. The van der Waals surface area contributed by atoms with Gasteiger partial charge in [0.05, 0.1) is 27.6 Å². The Morgan fingerprint density at radius 1 is 1.12 bits per heavy atom. The number of benzene rings is 2. The topological polar surface area (TPSA) is 120 Å². The first-order valence-electron chi connectivity index (χ1n) is 8.42. The maximum Gasteiger partial charge on any atom is 0.434 e. The predicted molar refractivity (Wildman–Crippen MR) is 112 cm³/mol. The summed E-state index contributed by atoms with van der Waals surface area (Å²) in [6.07, 6.45) is -4.95. The molecule has 0 bridgehead atoms. The zero-order valence-electron chi connectivity index (χ0n) is 15.7. The first-order chi connectivity index (χ1) is 14.9. The van der Waals surface area contributed by atoms with Crippen LogP contribution in [0.2, 0.25) is 10.0 Å². The number of aliphatic hydroxyl groups excluding tert-OH is 1. The highest BCUT2D eigenvalue weighted by atomic mass is 35.5. The van der Waals surface area contributed by atoms with Crippen molar-refractivity contribution in [1.82, 2.24) is 0 Å². The van der Waals surface area contributed by atoms with Crippen LogP contribution in [0.5, 0.6) is 0 Å². The van der Waals surface area contributed by atoms with Crippen molar-refractivity contribution in [2.75, 3.05) is 0 Å². The van der Waals surface area contributed by atoms with Crippen LogP contribution in [0.3, 0.4) is 0 Å². The third-order valence-corrected chi connectivity index (χ3v) is 4.46. The van der Waals surface area contributed by atoms with Crippen molar-refractivity contribution < 1.29 is 32.6 Å². The average molecular weight is 490 g/mol. The second-order valence-corrected chi connectivity index (χ2v) is 6.86. The summed E-state index contributed by atoms with van der Waals surface area (Å²) >= 11 is 11.6. The van der Waals surface area contributed by atoms with Gasteiger partial charge in [0.2, 0.25) is 0 Å². The van der Waals surface area contributed by atoms with Crippen molar-refractivity contribution in [2.24, 2.45) is 10.7 Å². The Hall–Kier alpha value is -3.37. The second-order valence-electron chi connectivity index (χ2n) is 6.02. The lowest BCUT2D eigenvalue weighted by atomic mass is 9.96. The molecule has 2 aromatic carbocycles. The minimum absolute atomic E-state index is 0.0630. The number of carbonyl (C=O) groups is 1. The molecule has 0 aliphatic carbocycles. The molecule has 0 saturated heterocycles. The maximum absolute atomic E-state index is 14.2. The molecule has 2 rings (SSSR count). The fourth-order valence-electron chi connectivity index (χ4n) is 2.54. The number of carboxylic acids is 1. The predicted octanol–water partition coefficient (Wildman–Crippen LogP) is 5.57. The standard InChI is InChI=1S/C20H13Cl2F4N3O3/c21-9-3-1-4-10(7-9)29-18(20(24,25)26)11(8-27)17(30)15(19(31)32)16(28)14-12(22)5-2-6-13(14)23/h1-8,28,30H,27H2,(H,31,32)/b11-8-,17-15+,28-16?,29-18?. The van der Waals surface area contributed by atoms with E-state index in [4.69, 9.17) is 34.3 Å². The van der Waals surface area contributed by atoms with Gasteiger partial charge in [-0.15, -0.1) is 0 Å². The number of nitrogens with zero attached hydrogens (tertiary/aromatic N) is 1. The summed E-state index contributed by atoms with van der Waals surface area (Å²) in [6.45, 7) is 0.